The minimum absolute atomic E-state index is 0.204. The summed E-state index contributed by atoms with van der Waals surface area (Å²) in [7, 11) is 2.25. The number of aromatic nitrogens is 1. The van der Waals surface area contributed by atoms with Gasteiger partial charge < -0.3 is 4.52 Å². The fourth-order valence-corrected chi connectivity index (χ4v) is 0.508. The van der Waals surface area contributed by atoms with Crippen molar-refractivity contribution in [1.29, 1.82) is 0 Å². The van der Waals surface area contributed by atoms with E-state index in [0.717, 1.165) is 0 Å². The predicted octanol–water partition coefficient (Wildman–Crippen LogP) is -0.532. The van der Waals surface area contributed by atoms with Crippen molar-refractivity contribution < 1.29 is 4.52 Å². The van der Waals surface area contributed by atoms with Crippen LogP contribution < -0.4 is 11.1 Å². The third-order valence-corrected chi connectivity index (χ3v) is 0.827. The molecule has 0 saturated heterocycles. The van der Waals surface area contributed by atoms with Crippen molar-refractivity contribution in [2.45, 2.75) is 0 Å². The highest BCUT2D eigenvalue weighted by atomic mass is 31.0. The Hall–Kier alpha value is -0.560. The molecule has 0 aromatic carbocycles. The van der Waals surface area contributed by atoms with E-state index in [4.69, 9.17) is 0 Å². The summed E-state index contributed by atoms with van der Waals surface area (Å²) in [5.41, 5.74) is 0.329. The molecule has 1 rings (SSSR count). The fourth-order valence-electron chi connectivity index (χ4n) is 0.297. The number of nitrogens with one attached hydrogen (secondary N) is 1. The SMILES string of the molecule is O=c1cc(P)o[nH]1. The summed E-state index contributed by atoms with van der Waals surface area (Å²) in [5.74, 6) is 0. The molecule has 0 spiro atoms. The average molecular weight is 117 g/mol. The third kappa shape index (κ3) is 0.904. The molecule has 0 fully saturated rings. The van der Waals surface area contributed by atoms with Crippen molar-refractivity contribution >= 4 is 14.7 Å². The van der Waals surface area contributed by atoms with Crippen molar-refractivity contribution in [2.75, 3.05) is 0 Å². The van der Waals surface area contributed by atoms with Gasteiger partial charge in [-0.15, -0.1) is 0 Å². The second-order valence-corrected chi connectivity index (χ2v) is 1.68. The molecule has 0 aliphatic carbocycles. The van der Waals surface area contributed by atoms with Crippen LogP contribution in [0.1, 0.15) is 0 Å². The van der Waals surface area contributed by atoms with Crippen molar-refractivity contribution in [1.82, 2.24) is 5.16 Å². The van der Waals surface area contributed by atoms with Crippen LogP contribution in [0.5, 0.6) is 0 Å². The van der Waals surface area contributed by atoms with Gasteiger partial charge in [-0.25, -0.2) is 0 Å². The van der Waals surface area contributed by atoms with Gasteiger partial charge in [0.05, 0.1) is 6.07 Å². The summed E-state index contributed by atoms with van der Waals surface area (Å²) < 4.78 is 4.49. The summed E-state index contributed by atoms with van der Waals surface area (Å²) in [5, 5.41) is 2.12. The van der Waals surface area contributed by atoms with Gasteiger partial charge in [0.2, 0.25) is 0 Å². The van der Waals surface area contributed by atoms with Crippen molar-refractivity contribution in [3.8, 4) is 0 Å². The number of rotatable bonds is 0. The maximum absolute atomic E-state index is 10.1. The molecule has 1 unspecified atom stereocenters. The molecule has 1 aromatic rings. The zero-order chi connectivity index (χ0) is 5.28. The molecule has 0 aliphatic heterocycles. The molecule has 0 radical (unpaired) electrons. The summed E-state index contributed by atoms with van der Waals surface area (Å²) in [6, 6.07) is 1.35. The van der Waals surface area contributed by atoms with Crippen LogP contribution in [0.4, 0.5) is 0 Å². The molecule has 38 valence electrons. The largest absolute Gasteiger partial charge is 0.379 e. The summed E-state index contributed by atoms with van der Waals surface area (Å²) >= 11 is 0. The van der Waals surface area contributed by atoms with Gasteiger partial charge in [0.25, 0.3) is 5.56 Å². The average Bonchev–Trinajstić information content (AvgIpc) is 1.87. The van der Waals surface area contributed by atoms with E-state index in [1.165, 1.54) is 6.07 Å². The van der Waals surface area contributed by atoms with Gasteiger partial charge in [-0.05, 0) is 0 Å². The lowest BCUT2D eigenvalue weighted by molar-refractivity contribution is 0.440. The van der Waals surface area contributed by atoms with Crippen LogP contribution in [-0.2, 0) is 0 Å². The number of H-pyrrole nitrogens is 1. The van der Waals surface area contributed by atoms with E-state index in [-0.39, 0.29) is 5.56 Å². The van der Waals surface area contributed by atoms with Gasteiger partial charge in [0, 0.05) is 0 Å². The lowest BCUT2D eigenvalue weighted by Gasteiger charge is -1.66. The molecule has 1 aromatic heterocycles. The molecule has 0 bridgehead atoms. The van der Waals surface area contributed by atoms with Crippen LogP contribution in [0.15, 0.2) is 15.4 Å². The lowest BCUT2D eigenvalue weighted by atomic mass is 10.7. The second-order valence-electron chi connectivity index (χ2n) is 1.12. The smallest absolute Gasteiger partial charge is 0.280 e. The molecule has 4 heteroatoms. The van der Waals surface area contributed by atoms with E-state index in [1.807, 2.05) is 0 Å². The maximum atomic E-state index is 10.1. The molecule has 1 N–H and O–H groups in total. The first kappa shape index (κ1) is 4.60. The fraction of sp³-hybridized carbons (Fsp3) is 0. The highest BCUT2D eigenvalue weighted by Gasteiger charge is 1.85. The minimum atomic E-state index is -0.204. The molecule has 0 aliphatic rings. The lowest BCUT2D eigenvalue weighted by Crippen LogP contribution is -1.93. The molecule has 1 atom stereocenters. The Labute approximate surface area is 41.9 Å². The second kappa shape index (κ2) is 1.51. The number of hydrogen-bond acceptors (Lipinski definition) is 2. The van der Waals surface area contributed by atoms with Gasteiger partial charge >= 0.3 is 0 Å². The minimum Gasteiger partial charge on any atom is -0.379 e. The summed E-state index contributed by atoms with van der Waals surface area (Å²) in [6.45, 7) is 0. The van der Waals surface area contributed by atoms with Gasteiger partial charge in [-0.3, -0.25) is 4.79 Å². The van der Waals surface area contributed by atoms with Crippen LogP contribution in [0.25, 0.3) is 0 Å². The van der Waals surface area contributed by atoms with Gasteiger partial charge in [-0.1, -0.05) is 9.24 Å². The van der Waals surface area contributed by atoms with E-state index < -0.39 is 0 Å². The molecular weight excluding hydrogens is 113 g/mol. The molecule has 0 saturated carbocycles. The van der Waals surface area contributed by atoms with E-state index >= 15 is 0 Å². The van der Waals surface area contributed by atoms with Gasteiger partial charge in [0.1, 0.15) is 0 Å². The van der Waals surface area contributed by atoms with E-state index in [1.54, 1.807) is 0 Å². The highest BCUT2D eigenvalue weighted by Crippen LogP contribution is 1.77. The predicted molar refractivity (Wildman–Crippen MR) is 28.7 cm³/mol. The first-order valence-corrected chi connectivity index (χ1v) is 2.31. The van der Waals surface area contributed by atoms with Gasteiger partial charge in [0.15, 0.2) is 5.50 Å². The van der Waals surface area contributed by atoms with Crippen LogP contribution >= 0.6 is 9.24 Å². The normalized spacial score (nSPS) is 9.29. The van der Waals surface area contributed by atoms with Crippen LogP contribution in [0.2, 0.25) is 0 Å². The topological polar surface area (TPSA) is 46.0 Å². The van der Waals surface area contributed by atoms with Crippen molar-refractivity contribution in [3.05, 3.63) is 16.4 Å². The Bertz CT molecular complexity index is 201. The molecular formula is C3H4NO2P. The Morgan fingerprint density at radius 2 is 2.57 bits per heavy atom. The zero-order valence-corrected chi connectivity index (χ0v) is 4.63. The molecule has 3 nitrogen and oxygen atoms in total. The van der Waals surface area contributed by atoms with Crippen molar-refractivity contribution in [3.63, 3.8) is 0 Å². The monoisotopic (exact) mass is 117 g/mol. The highest BCUT2D eigenvalue weighted by molar-refractivity contribution is 7.26. The van der Waals surface area contributed by atoms with Crippen molar-refractivity contribution in [2.24, 2.45) is 0 Å². The number of hydrogen-bond donors (Lipinski definition) is 1. The van der Waals surface area contributed by atoms with Crippen LogP contribution in [0, 0.1) is 0 Å². The Morgan fingerprint density at radius 3 is 2.71 bits per heavy atom. The van der Waals surface area contributed by atoms with Crippen LogP contribution in [0.3, 0.4) is 0 Å². The Kier molecular flexibility index (Phi) is 0.988. The zero-order valence-electron chi connectivity index (χ0n) is 3.47. The summed E-state index contributed by atoms with van der Waals surface area (Å²) in [6.07, 6.45) is 0. The quantitative estimate of drug-likeness (QED) is 0.464. The maximum Gasteiger partial charge on any atom is 0.280 e. The number of aromatic amines is 1. The molecule has 0 amide bonds. The van der Waals surface area contributed by atoms with E-state index in [2.05, 4.69) is 18.9 Å². The first-order valence-electron chi connectivity index (χ1n) is 1.73. The summed E-state index contributed by atoms with van der Waals surface area (Å²) in [4.78, 5) is 10.1. The molecule has 1 heterocycles. The molecule has 7 heavy (non-hydrogen) atoms. The third-order valence-electron chi connectivity index (χ3n) is 0.543. The Morgan fingerprint density at radius 1 is 1.86 bits per heavy atom. The standard InChI is InChI=1S/C3H4NO2P/c5-2-1-3(7)6-4-2/h1H,7H2,(H,4,5). The van der Waals surface area contributed by atoms with E-state index in [9.17, 15) is 4.79 Å². The first-order chi connectivity index (χ1) is 3.29. The van der Waals surface area contributed by atoms with E-state index in [0.29, 0.717) is 5.50 Å². The van der Waals surface area contributed by atoms with Gasteiger partial charge in [-0.2, -0.15) is 5.16 Å². The Balaban J connectivity index is 3.30. The van der Waals surface area contributed by atoms with Crippen LogP contribution in [-0.4, -0.2) is 5.16 Å².